The minimum Gasteiger partial charge on any atom is -0.384 e. The molecule has 3 aromatic rings. The molecule has 7 heteroatoms. The highest BCUT2D eigenvalue weighted by Gasteiger charge is 2.19. The van der Waals surface area contributed by atoms with E-state index in [4.69, 9.17) is 5.73 Å². The molecule has 3 aromatic heterocycles. The van der Waals surface area contributed by atoms with Crippen LogP contribution in [0, 0.1) is 0 Å². The van der Waals surface area contributed by atoms with Crippen molar-refractivity contribution in [3.63, 3.8) is 0 Å². The van der Waals surface area contributed by atoms with Gasteiger partial charge in [-0.15, -0.1) is 5.10 Å². The highest BCUT2D eigenvalue weighted by Crippen LogP contribution is 2.19. The van der Waals surface area contributed by atoms with Gasteiger partial charge in [-0.25, -0.2) is 4.98 Å². The first-order chi connectivity index (χ1) is 11.2. The van der Waals surface area contributed by atoms with Crippen molar-refractivity contribution in [3.05, 3.63) is 54.2 Å². The van der Waals surface area contributed by atoms with Crippen molar-refractivity contribution in [3.8, 4) is 11.5 Å². The fraction of sp³-hybridized carbons (Fsp3) is 0.125. The molecule has 0 radical (unpaired) electrons. The number of aromatic nitrogens is 4. The van der Waals surface area contributed by atoms with E-state index >= 15 is 0 Å². The smallest absolute Gasteiger partial charge is 0.254 e. The number of fused-ring (bicyclic) bond motifs is 1. The lowest BCUT2D eigenvalue weighted by Crippen LogP contribution is -2.28. The zero-order valence-corrected chi connectivity index (χ0v) is 12.3. The van der Waals surface area contributed by atoms with Crippen LogP contribution in [0.1, 0.15) is 10.4 Å². The van der Waals surface area contributed by atoms with Gasteiger partial charge in [-0.2, -0.15) is 4.52 Å². The summed E-state index contributed by atoms with van der Waals surface area (Å²) in [6, 6.07) is 8.86. The van der Waals surface area contributed by atoms with Gasteiger partial charge in [-0.1, -0.05) is 18.2 Å². The molecule has 0 fully saturated rings. The Morgan fingerprint density at radius 1 is 1.17 bits per heavy atom. The summed E-state index contributed by atoms with van der Waals surface area (Å²) in [6.07, 6.45) is 5.62. The van der Waals surface area contributed by atoms with Gasteiger partial charge < -0.3 is 10.6 Å². The molecule has 0 bridgehead atoms. The Hall–Kier alpha value is -3.22. The molecular weight excluding hydrogens is 292 g/mol. The van der Waals surface area contributed by atoms with E-state index in [9.17, 15) is 4.79 Å². The molecule has 114 valence electrons. The van der Waals surface area contributed by atoms with Gasteiger partial charge in [0.2, 0.25) is 5.82 Å². The second kappa shape index (κ2) is 5.20. The fourth-order valence-electron chi connectivity index (χ4n) is 2.56. The fourth-order valence-corrected chi connectivity index (χ4v) is 2.56. The summed E-state index contributed by atoms with van der Waals surface area (Å²) in [5.74, 6) is 0.781. The molecule has 23 heavy (non-hydrogen) atoms. The number of pyridine rings is 2. The van der Waals surface area contributed by atoms with Crippen LogP contribution in [0.2, 0.25) is 0 Å². The van der Waals surface area contributed by atoms with Crippen molar-refractivity contribution < 1.29 is 4.79 Å². The van der Waals surface area contributed by atoms with Crippen molar-refractivity contribution in [1.82, 2.24) is 24.5 Å². The molecule has 0 aliphatic carbocycles. The van der Waals surface area contributed by atoms with Gasteiger partial charge in [-0.05, 0) is 24.3 Å². The molecule has 0 saturated carbocycles. The molecule has 0 spiro atoms. The SMILES string of the molecule is Nc1cc(C(=O)N2CC=CC2)cc2nc(-c3ccccn3)nn12. The number of carbonyl (C=O) groups is 1. The van der Waals surface area contributed by atoms with Gasteiger partial charge in [0, 0.05) is 24.8 Å². The van der Waals surface area contributed by atoms with Gasteiger partial charge in [0.05, 0.1) is 0 Å². The van der Waals surface area contributed by atoms with Gasteiger partial charge in [0.15, 0.2) is 5.65 Å². The summed E-state index contributed by atoms with van der Waals surface area (Å²) < 4.78 is 1.52. The van der Waals surface area contributed by atoms with Crippen molar-refractivity contribution in [2.45, 2.75) is 0 Å². The third kappa shape index (κ3) is 2.32. The quantitative estimate of drug-likeness (QED) is 0.723. The van der Waals surface area contributed by atoms with Crippen LogP contribution in [-0.4, -0.2) is 43.5 Å². The summed E-state index contributed by atoms with van der Waals surface area (Å²) in [5, 5.41) is 4.36. The van der Waals surface area contributed by atoms with Crippen LogP contribution in [0.4, 0.5) is 5.82 Å². The van der Waals surface area contributed by atoms with E-state index in [1.54, 1.807) is 23.2 Å². The van der Waals surface area contributed by atoms with Gasteiger partial charge in [0.1, 0.15) is 11.5 Å². The van der Waals surface area contributed by atoms with Crippen molar-refractivity contribution >= 4 is 17.4 Å². The average molecular weight is 306 g/mol. The maximum Gasteiger partial charge on any atom is 0.254 e. The largest absolute Gasteiger partial charge is 0.384 e. The summed E-state index contributed by atoms with van der Waals surface area (Å²) in [4.78, 5) is 22.9. The lowest BCUT2D eigenvalue weighted by molar-refractivity contribution is 0.0800. The normalized spacial score (nSPS) is 13.8. The maximum absolute atomic E-state index is 12.5. The minimum atomic E-state index is -0.0633. The molecule has 0 atom stereocenters. The molecule has 1 aliphatic heterocycles. The summed E-state index contributed by atoms with van der Waals surface area (Å²) in [7, 11) is 0. The van der Waals surface area contributed by atoms with E-state index in [0.717, 1.165) is 0 Å². The molecule has 4 heterocycles. The van der Waals surface area contributed by atoms with E-state index in [0.29, 0.717) is 41.6 Å². The predicted octanol–water partition coefficient (Wildman–Crippen LogP) is 1.39. The van der Waals surface area contributed by atoms with Gasteiger partial charge in [0.25, 0.3) is 5.91 Å². The third-order valence-electron chi connectivity index (χ3n) is 3.71. The van der Waals surface area contributed by atoms with E-state index in [-0.39, 0.29) is 5.91 Å². The second-order valence-corrected chi connectivity index (χ2v) is 5.27. The van der Waals surface area contributed by atoms with Crippen molar-refractivity contribution in [2.75, 3.05) is 18.8 Å². The van der Waals surface area contributed by atoms with Crippen molar-refractivity contribution in [2.24, 2.45) is 0 Å². The molecular formula is C16H14N6O. The molecule has 4 rings (SSSR count). The number of amides is 1. The second-order valence-electron chi connectivity index (χ2n) is 5.27. The van der Waals surface area contributed by atoms with Crippen LogP contribution < -0.4 is 5.73 Å². The molecule has 0 aromatic carbocycles. The maximum atomic E-state index is 12.5. The monoisotopic (exact) mass is 306 g/mol. The van der Waals surface area contributed by atoms with E-state index in [1.807, 2.05) is 30.4 Å². The highest BCUT2D eigenvalue weighted by molar-refractivity contribution is 5.96. The number of anilines is 1. The lowest BCUT2D eigenvalue weighted by atomic mass is 10.2. The number of carbonyl (C=O) groups excluding carboxylic acids is 1. The Bertz CT molecular complexity index is 907. The summed E-state index contributed by atoms with van der Waals surface area (Å²) >= 11 is 0. The summed E-state index contributed by atoms with van der Waals surface area (Å²) in [6.45, 7) is 1.24. The Balaban J connectivity index is 1.77. The van der Waals surface area contributed by atoms with Crippen LogP contribution in [0.5, 0.6) is 0 Å². The van der Waals surface area contributed by atoms with Gasteiger partial charge in [-0.3, -0.25) is 9.78 Å². The lowest BCUT2D eigenvalue weighted by Gasteiger charge is -2.15. The standard InChI is InChI=1S/C16H14N6O/c17-13-9-11(16(23)21-7-3-4-8-21)10-14-19-15(20-22(13)14)12-5-1-2-6-18-12/h1-6,9-10H,7-8,17H2. The number of nitrogen functional groups attached to an aromatic ring is 1. The first-order valence-electron chi connectivity index (χ1n) is 7.24. The van der Waals surface area contributed by atoms with E-state index in [1.165, 1.54) is 4.52 Å². The molecule has 0 unspecified atom stereocenters. The zero-order valence-electron chi connectivity index (χ0n) is 12.3. The Kier molecular flexibility index (Phi) is 3.04. The Morgan fingerprint density at radius 3 is 2.74 bits per heavy atom. The van der Waals surface area contributed by atoms with Crippen LogP contribution in [0.15, 0.2) is 48.7 Å². The number of nitrogens with two attached hydrogens (primary N) is 1. The molecule has 2 N–H and O–H groups in total. The topological polar surface area (TPSA) is 89.4 Å². The van der Waals surface area contributed by atoms with E-state index < -0.39 is 0 Å². The van der Waals surface area contributed by atoms with Gasteiger partial charge >= 0.3 is 0 Å². The molecule has 0 saturated heterocycles. The van der Waals surface area contributed by atoms with Crippen LogP contribution in [0.3, 0.4) is 0 Å². The highest BCUT2D eigenvalue weighted by atomic mass is 16.2. The Labute approximate surface area is 132 Å². The number of hydrogen-bond donors (Lipinski definition) is 1. The molecule has 7 nitrogen and oxygen atoms in total. The number of hydrogen-bond acceptors (Lipinski definition) is 5. The first kappa shape index (κ1) is 13.4. The number of rotatable bonds is 2. The third-order valence-corrected chi connectivity index (χ3v) is 3.71. The minimum absolute atomic E-state index is 0.0633. The average Bonchev–Trinajstić information content (AvgIpc) is 3.24. The van der Waals surface area contributed by atoms with Crippen molar-refractivity contribution in [1.29, 1.82) is 0 Å². The van der Waals surface area contributed by atoms with Crippen LogP contribution >= 0.6 is 0 Å². The predicted molar refractivity (Wildman–Crippen MR) is 85.7 cm³/mol. The van der Waals surface area contributed by atoms with Crippen LogP contribution in [-0.2, 0) is 0 Å². The first-order valence-corrected chi connectivity index (χ1v) is 7.24. The number of nitrogens with zero attached hydrogens (tertiary/aromatic N) is 5. The Morgan fingerprint density at radius 2 is 2.00 bits per heavy atom. The van der Waals surface area contributed by atoms with Crippen LogP contribution in [0.25, 0.3) is 17.2 Å². The molecule has 1 aliphatic rings. The van der Waals surface area contributed by atoms with E-state index in [2.05, 4.69) is 15.1 Å². The zero-order chi connectivity index (χ0) is 15.8. The summed E-state index contributed by atoms with van der Waals surface area (Å²) in [5.41, 5.74) is 7.74. The molecule has 1 amide bonds.